The van der Waals surface area contributed by atoms with Gasteiger partial charge in [0.25, 0.3) is 5.91 Å². The van der Waals surface area contributed by atoms with Crippen molar-refractivity contribution >= 4 is 56.4 Å². The fourth-order valence-electron chi connectivity index (χ4n) is 4.31. The van der Waals surface area contributed by atoms with E-state index in [0.717, 1.165) is 48.1 Å². The van der Waals surface area contributed by atoms with Crippen LogP contribution in [0.15, 0.2) is 52.0 Å². The molecule has 164 valence electrons. The lowest BCUT2D eigenvalue weighted by molar-refractivity contribution is -0.120. The van der Waals surface area contributed by atoms with Gasteiger partial charge in [-0.15, -0.1) is 0 Å². The van der Waals surface area contributed by atoms with Crippen molar-refractivity contribution in [2.24, 2.45) is 11.0 Å². The van der Waals surface area contributed by atoms with Crippen LogP contribution in [0.25, 0.3) is 0 Å². The Morgan fingerprint density at radius 3 is 2.48 bits per heavy atom. The van der Waals surface area contributed by atoms with Gasteiger partial charge in [0, 0.05) is 28.5 Å². The summed E-state index contributed by atoms with van der Waals surface area (Å²) in [5, 5.41) is 9.77. The number of carbonyl (C=O) groups is 1. The number of rotatable bonds is 5. The van der Waals surface area contributed by atoms with Gasteiger partial charge in [-0.25, -0.2) is 5.01 Å². The minimum atomic E-state index is -0.140. The standard InChI is InChI=1S/C23H25BrCl2N4O/c1-2-18-21(23(31)28-29-12-4-3-5-13-29)27-30(20-11-10-17(25)14-19(20)26)22(18)15-6-8-16(24)9-7-15/h6-11,14,18,22H,2-5,12-13H2,1H3,(H,28,31)/t18-,22+/m0/s1. The number of nitrogens with zero attached hydrogens (tertiary/aromatic N) is 3. The van der Waals surface area contributed by atoms with Crippen molar-refractivity contribution in [1.29, 1.82) is 0 Å². The average molecular weight is 524 g/mol. The second kappa shape index (κ2) is 9.90. The number of benzene rings is 2. The zero-order chi connectivity index (χ0) is 22.0. The van der Waals surface area contributed by atoms with E-state index in [0.29, 0.717) is 15.8 Å². The summed E-state index contributed by atoms with van der Waals surface area (Å²) in [7, 11) is 0. The lowest BCUT2D eigenvalue weighted by Crippen LogP contribution is -2.48. The van der Waals surface area contributed by atoms with Gasteiger partial charge < -0.3 is 0 Å². The highest BCUT2D eigenvalue weighted by atomic mass is 79.9. The minimum Gasteiger partial charge on any atom is -0.284 e. The lowest BCUT2D eigenvalue weighted by atomic mass is 9.87. The molecular weight excluding hydrogens is 499 g/mol. The molecule has 0 spiro atoms. The largest absolute Gasteiger partial charge is 0.284 e. The third-order valence-corrected chi connectivity index (χ3v) is 6.93. The highest BCUT2D eigenvalue weighted by Crippen LogP contribution is 2.43. The number of hydrazine groups is 1. The SMILES string of the molecule is CC[C@H]1C(C(=O)NN2CCCCC2)=NN(c2ccc(Cl)cc2Cl)[C@@H]1c1ccc(Br)cc1. The van der Waals surface area contributed by atoms with Gasteiger partial charge >= 0.3 is 0 Å². The third kappa shape index (κ3) is 4.92. The van der Waals surface area contributed by atoms with Crippen LogP contribution in [0, 0.1) is 5.92 Å². The van der Waals surface area contributed by atoms with Gasteiger partial charge in [-0.3, -0.25) is 15.2 Å². The summed E-state index contributed by atoms with van der Waals surface area (Å²) in [4.78, 5) is 13.3. The van der Waals surface area contributed by atoms with Gasteiger partial charge in [0.05, 0.1) is 16.8 Å². The van der Waals surface area contributed by atoms with Gasteiger partial charge in [0.15, 0.2) is 0 Å². The van der Waals surface area contributed by atoms with E-state index in [1.807, 2.05) is 28.2 Å². The molecule has 0 aromatic heterocycles. The fourth-order valence-corrected chi connectivity index (χ4v) is 5.07. The fraction of sp³-hybridized carbons (Fsp3) is 0.391. The van der Waals surface area contributed by atoms with Crippen molar-refractivity contribution in [2.45, 2.75) is 38.6 Å². The van der Waals surface area contributed by atoms with Crippen LogP contribution >= 0.6 is 39.1 Å². The predicted octanol–water partition coefficient (Wildman–Crippen LogP) is 6.22. The maximum atomic E-state index is 13.3. The molecule has 0 saturated carbocycles. The van der Waals surface area contributed by atoms with E-state index in [4.69, 9.17) is 28.3 Å². The molecule has 2 aliphatic rings. The van der Waals surface area contributed by atoms with Crippen molar-refractivity contribution in [1.82, 2.24) is 10.4 Å². The van der Waals surface area contributed by atoms with Crippen molar-refractivity contribution in [3.05, 3.63) is 62.5 Å². The molecule has 0 radical (unpaired) electrons. The Bertz CT molecular complexity index is 976. The molecule has 2 aliphatic heterocycles. The minimum absolute atomic E-state index is 0.0716. The van der Waals surface area contributed by atoms with Crippen LogP contribution in [0.4, 0.5) is 5.69 Å². The number of anilines is 1. The van der Waals surface area contributed by atoms with Crippen LogP contribution in [-0.2, 0) is 4.79 Å². The van der Waals surface area contributed by atoms with Crippen molar-refractivity contribution < 1.29 is 4.79 Å². The predicted molar refractivity (Wildman–Crippen MR) is 131 cm³/mol. The molecule has 1 N–H and O–H groups in total. The van der Waals surface area contributed by atoms with E-state index in [2.05, 4.69) is 40.4 Å². The summed E-state index contributed by atoms with van der Waals surface area (Å²) in [6, 6.07) is 13.4. The maximum Gasteiger partial charge on any atom is 0.282 e. The summed E-state index contributed by atoms with van der Waals surface area (Å²) in [5.74, 6) is -0.207. The summed E-state index contributed by atoms with van der Waals surface area (Å²) in [5.41, 5.74) is 5.42. The molecule has 2 heterocycles. The molecule has 0 unspecified atom stereocenters. The van der Waals surface area contributed by atoms with E-state index in [-0.39, 0.29) is 17.9 Å². The second-order valence-electron chi connectivity index (χ2n) is 7.93. The Kier molecular flexibility index (Phi) is 7.22. The van der Waals surface area contributed by atoms with Gasteiger partial charge in [0.1, 0.15) is 5.71 Å². The number of piperidine rings is 1. The van der Waals surface area contributed by atoms with Crippen molar-refractivity contribution in [3.63, 3.8) is 0 Å². The van der Waals surface area contributed by atoms with Crippen LogP contribution in [0.1, 0.15) is 44.2 Å². The normalized spacial score (nSPS) is 21.8. The van der Waals surface area contributed by atoms with Crippen LogP contribution in [0.5, 0.6) is 0 Å². The van der Waals surface area contributed by atoms with Gasteiger partial charge in [-0.2, -0.15) is 5.10 Å². The molecule has 2 aromatic carbocycles. The first-order chi connectivity index (χ1) is 15.0. The summed E-state index contributed by atoms with van der Waals surface area (Å²) >= 11 is 16.2. The zero-order valence-corrected chi connectivity index (χ0v) is 20.4. The summed E-state index contributed by atoms with van der Waals surface area (Å²) < 4.78 is 1.00. The van der Waals surface area contributed by atoms with Gasteiger partial charge in [-0.05, 0) is 55.2 Å². The smallest absolute Gasteiger partial charge is 0.282 e. The highest BCUT2D eigenvalue weighted by Gasteiger charge is 2.42. The molecule has 0 bridgehead atoms. The molecule has 2 aromatic rings. The highest BCUT2D eigenvalue weighted by molar-refractivity contribution is 9.10. The Morgan fingerprint density at radius 2 is 1.84 bits per heavy atom. The Balaban J connectivity index is 1.71. The monoisotopic (exact) mass is 522 g/mol. The van der Waals surface area contributed by atoms with E-state index in [9.17, 15) is 4.79 Å². The number of nitrogens with one attached hydrogen (secondary N) is 1. The number of hydrogen-bond donors (Lipinski definition) is 1. The number of hydrogen-bond acceptors (Lipinski definition) is 4. The van der Waals surface area contributed by atoms with Gasteiger partial charge in [0.2, 0.25) is 0 Å². The molecule has 5 nitrogen and oxygen atoms in total. The van der Waals surface area contributed by atoms with Crippen LogP contribution in [0.2, 0.25) is 10.0 Å². The van der Waals surface area contributed by atoms with Gasteiger partial charge in [-0.1, -0.05) is 64.6 Å². The van der Waals surface area contributed by atoms with E-state index >= 15 is 0 Å². The van der Waals surface area contributed by atoms with E-state index < -0.39 is 0 Å². The van der Waals surface area contributed by atoms with Crippen LogP contribution in [0.3, 0.4) is 0 Å². The Morgan fingerprint density at radius 1 is 1.13 bits per heavy atom. The number of hydrazone groups is 1. The molecular formula is C23H25BrCl2N4O. The summed E-state index contributed by atoms with van der Waals surface area (Å²) in [6.07, 6.45) is 4.17. The number of halogens is 3. The number of amides is 1. The third-order valence-electron chi connectivity index (χ3n) is 5.87. The summed E-state index contributed by atoms with van der Waals surface area (Å²) in [6.45, 7) is 3.84. The molecule has 1 amide bonds. The van der Waals surface area contributed by atoms with E-state index in [1.165, 1.54) is 6.42 Å². The molecule has 0 aliphatic carbocycles. The van der Waals surface area contributed by atoms with E-state index in [1.54, 1.807) is 12.1 Å². The molecule has 2 atom stereocenters. The first kappa shape index (κ1) is 22.6. The Hall–Kier alpha value is -1.60. The maximum absolute atomic E-state index is 13.3. The first-order valence-electron chi connectivity index (χ1n) is 10.6. The Labute approximate surface area is 201 Å². The molecule has 4 rings (SSSR count). The second-order valence-corrected chi connectivity index (χ2v) is 9.68. The average Bonchev–Trinajstić information content (AvgIpc) is 3.14. The first-order valence-corrected chi connectivity index (χ1v) is 12.2. The van der Waals surface area contributed by atoms with Crippen molar-refractivity contribution in [3.8, 4) is 0 Å². The zero-order valence-electron chi connectivity index (χ0n) is 17.3. The molecule has 31 heavy (non-hydrogen) atoms. The van der Waals surface area contributed by atoms with Crippen LogP contribution in [-0.4, -0.2) is 29.7 Å². The quantitative estimate of drug-likeness (QED) is 0.506. The topological polar surface area (TPSA) is 47.9 Å². The molecule has 1 saturated heterocycles. The molecule has 1 fully saturated rings. The lowest BCUT2D eigenvalue weighted by Gasteiger charge is -2.29. The number of carbonyl (C=O) groups excluding carboxylic acids is 1. The molecule has 8 heteroatoms. The van der Waals surface area contributed by atoms with Crippen LogP contribution < -0.4 is 10.4 Å². The van der Waals surface area contributed by atoms with Crippen molar-refractivity contribution in [2.75, 3.05) is 18.1 Å².